The number of benzene rings is 4. The number of ether oxygens (including phenoxy) is 2. The van der Waals surface area contributed by atoms with E-state index in [2.05, 4.69) is 194 Å². The summed E-state index contributed by atoms with van der Waals surface area (Å²) in [5.74, 6) is 1.83. The van der Waals surface area contributed by atoms with Gasteiger partial charge in [-0.15, -0.1) is 0 Å². The Morgan fingerprint density at radius 2 is 0.975 bits per heavy atom. The lowest BCUT2D eigenvalue weighted by Gasteiger charge is -2.43. The van der Waals surface area contributed by atoms with Crippen molar-refractivity contribution < 1.29 is 27.9 Å². The fourth-order valence-electron chi connectivity index (χ4n) is 11.0. The zero-order valence-electron chi connectivity index (χ0n) is 47.8. The molecule has 19 heteroatoms. The summed E-state index contributed by atoms with van der Waals surface area (Å²) in [5.41, 5.74) is 8.73. The average Bonchev–Trinajstić information content (AvgIpc) is 4.22. The van der Waals surface area contributed by atoms with Crippen molar-refractivity contribution in [3.63, 3.8) is 0 Å². The van der Waals surface area contributed by atoms with Gasteiger partial charge in [0.05, 0.1) is 56.1 Å². The van der Waals surface area contributed by atoms with Gasteiger partial charge in [0, 0.05) is 20.1 Å². The van der Waals surface area contributed by atoms with Gasteiger partial charge in [0.15, 0.2) is 11.6 Å². The predicted molar refractivity (Wildman–Crippen MR) is 336 cm³/mol. The fourth-order valence-corrected chi connectivity index (χ4v) is 20.4. The maximum atomic E-state index is 12.2. The number of amides is 2. The number of fused-ring (bicyclic) bond motifs is 2. The maximum absolute atomic E-state index is 12.2. The van der Waals surface area contributed by atoms with Crippen LogP contribution in [0.25, 0.3) is 0 Å². The van der Waals surface area contributed by atoms with E-state index in [0.29, 0.717) is 55.3 Å². The highest BCUT2D eigenvalue weighted by Crippen LogP contribution is 2.39. The van der Waals surface area contributed by atoms with Crippen molar-refractivity contribution >= 4 is 89.8 Å². The van der Waals surface area contributed by atoms with Crippen LogP contribution in [0.15, 0.2) is 121 Å². The molecular weight excluding hydrogens is 1070 g/mol. The van der Waals surface area contributed by atoms with Crippen LogP contribution in [-0.2, 0) is 27.9 Å². The topological polar surface area (TPSA) is 191 Å². The van der Waals surface area contributed by atoms with Crippen molar-refractivity contribution in [2.24, 2.45) is 5.73 Å². The number of carbonyl (C=O) groups is 2. The van der Waals surface area contributed by atoms with Gasteiger partial charge in [-0.2, -0.15) is 9.97 Å². The van der Waals surface area contributed by atoms with E-state index in [1.54, 1.807) is 11.8 Å². The molecular formula is C62H87ClN10O6Si2. The molecule has 6 aromatic rings. The summed E-state index contributed by atoms with van der Waals surface area (Å²) in [5, 5.41) is 14.4. The Kier molecular flexibility index (Phi) is 21.3. The summed E-state index contributed by atoms with van der Waals surface area (Å²) in [6, 6.07) is 42.4. The van der Waals surface area contributed by atoms with E-state index in [-0.39, 0.29) is 78.4 Å². The van der Waals surface area contributed by atoms with E-state index < -0.39 is 16.6 Å². The number of halogens is 1. The smallest absolute Gasteiger partial charge is 0.261 e. The van der Waals surface area contributed by atoms with Gasteiger partial charge in [-0.1, -0.05) is 178 Å². The number of nitrogens with two attached hydrogens (primary N) is 1. The number of likely N-dealkylation sites (N-methyl/N-ethyl adjacent to an activating group) is 2. The molecule has 2 fully saturated rings. The van der Waals surface area contributed by atoms with Crippen LogP contribution < -0.4 is 52.2 Å². The highest BCUT2D eigenvalue weighted by molar-refractivity contribution is 7.00. The molecule has 4 aliphatic rings. The standard InChI is InChI=1S/C30H39N5O3Si.C21H29NO2Si.C9H11ClN4O.2CH4/c1-20-26-27(35(6)21(2)28(36)33-26)34-29(31-20)32-22-17-23(37-18-22)19-38-39(30(3,4)5,24-13-9-7-10-14-24)25-15-11-8-12-16-25;1-21(2,3)25(19-10-6-4-7-11-19,20-12-8-5-9-13-20)24-16-18-14-17(22)15-23-18;1-4-6-7(13-9(10)11-4)14(3)5(2)8(15)12-6;;/h7-16,21-23H,17-19H2,1-6H3,(H,33,36)(H,31,32,34);4-13,17-18H,14-16,22H2,1-3H3;5H,1-3H3,(H,12,15);2*1H4/t21-,22?,23?;;5-;;/m0.0../s1. The van der Waals surface area contributed by atoms with Gasteiger partial charge in [0.2, 0.25) is 23.0 Å². The highest BCUT2D eigenvalue weighted by atomic mass is 35.5. The minimum absolute atomic E-state index is 0. The maximum Gasteiger partial charge on any atom is 0.261 e. The normalized spacial score (nSPS) is 20.6. The van der Waals surface area contributed by atoms with Crippen molar-refractivity contribution in [1.29, 1.82) is 0 Å². The molecule has 4 unspecified atom stereocenters. The SMILES string of the molecule is C.C.CC(C)(C)[Si](OCC1CC(N)CO1)(c1ccccc1)c1ccccc1.Cc1nc(Cl)nc2c1NC(=O)[C@H](C)N2C.Cc1nc(NC2COC(CO[Si](c3ccccc3)(c3ccccc3)C(C)(C)C)C2)nc2c1NC(=O)[C@H](C)N2C. The third kappa shape index (κ3) is 13.9. The first-order chi connectivity index (χ1) is 37.5. The van der Waals surface area contributed by atoms with E-state index >= 15 is 0 Å². The predicted octanol–water partition coefficient (Wildman–Crippen LogP) is 8.87. The largest absolute Gasteiger partial charge is 0.405 e. The first-order valence-electron chi connectivity index (χ1n) is 27.3. The Balaban J connectivity index is 0.000000215. The first kappa shape index (κ1) is 64.1. The lowest BCUT2D eigenvalue weighted by Crippen LogP contribution is -2.67. The second-order valence-electron chi connectivity index (χ2n) is 23.1. The van der Waals surface area contributed by atoms with E-state index in [4.69, 9.17) is 40.6 Å². The molecule has 81 heavy (non-hydrogen) atoms. The van der Waals surface area contributed by atoms with E-state index in [0.717, 1.165) is 24.4 Å². The molecule has 2 saturated heterocycles. The summed E-state index contributed by atoms with van der Waals surface area (Å²) >= 11 is 5.77. The van der Waals surface area contributed by atoms with E-state index in [1.165, 1.54) is 20.7 Å². The van der Waals surface area contributed by atoms with Crippen molar-refractivity contribution in [2.45, 2.75) is 143 Å². The molecule has 0 saturated carbocycles. The summed E-state index contributed by atoms with van der Waals surface area (Å²) in [4.78, 5) is 44.9. The lowest BCUT2D eigenvalue weighted by atomic mass is 10.1. The molecule has 10 rings (SSSR count). The van der Waals surface area contributed by atoms with Crippen LogP contribution >= 0.6 is 11.6 Å². The van der Waals surface area contributed by atoms with Crippen molar-refractivity contribution in [3.05, 3.63) is 138 Å². The number of aryl methyl sites for hydroxylation is 2. The van der Waals surface area contributed by atoms with Crippen LogP contribution in [0, 0.1) is 13.8 Å². The minimum atomic E-state index is -2.62. The Bertz CT molecular complexity index is 2950. The molecule has 4 aliphatic heterocycles. The molecule has 0 bridgehead atoms. The number of hydrogen-bond donors (Lipinski definition) is 4. The van der Waals surface area contributed by atoms with Gasteiger partial charge < -0.3 is 49.8 Å². The number of anilines is 5. The van der Waals surface area contributed by atoms with Gasteiger partial charge in [0.25, 0.3) is 16.6 Å². The summed E-state index contributed by atoms with van der Waals surface area (Å²) in [6.45, 7) is 23.4. The van der Waals surface area contributed by atoms with Crippen molar-refractivity contribution in [2.75, 3.05) is 66.3 Å². The molecule has 16 nitrogen and oxygen atoms in total. The molecule has 0 aliphatic carbocycles. The highest BCUT2D eigenvalue weighted by Gasteiger charge is 2.52. The summed E-state index contributed by atoms with van der Waals surface area (Å²) < 4.78 is 26.0. The number of rotatable bonds is 12. The lowest BCUT2D eigenvalue weighted by molar-refractivity contribution is -0.118. The fraction of sp³-hybridized carbons (Fsp3) is 0.452. The average molecular weight is 1160 g/mol. The molecule has 6 heterocycles. The summed E-state index contributed by atoms with van der Waals surface area (Å²) in [6.07, 6.45) is 1.72. The molecule has 4 aromatic carbocycles. The van der Waals surface area contributed by atoms with Crippen LogP contribution in [0.4, 0.5) is 29.0 Å². The molecule has 2 amide bonds. The number of hydrogen-bond acceptors (Lipinski definition) is 14. The molecule has 436 valence electrons. The van der Waals surface area contributed by atoms with Crippen LogP contribution in [0.3, 0.4) is 0 Å². The number of nitrogens with one attached hydrogen (secondary N) is 3. The van der Waals surface area contributed by atoms with Crippen molar-refractivity contribution in [3.8, 4) is 0 Å². The number of carbonyl (C=O) groups excluding carboxylic acids is 2. The zero-order valence-corrected chi connectivity index (χ0v) is 50.6. The number of nitrogens with zero attached hydrogens (tertiary/aromatic N) is 6. The van der Waals surface area contributed by atoms with Gasteiger partial charge >= 0.3 is 0 Å². The monoisotopic (exact) mass is 1160 g/mol. The molecule has 2 aromatic heterocycles. The molecule has 6 atom stereocenters. The Labute approximate surface area is 488 Å². The molecule has 0 spiro atoms. The quantitative estimate of drug-likeness (QED) is 0.0671. The Morgan fingerprint density at radius 3 is 1.36 bits per heavy atom. The Hall–Kier alpha value is -6.10. The zero-order chi connectivity index (χ0) is 56.9. The minimum Gasteiger partial charge on any atom is -0.405 e. The second-order valence-corrected chi connectivity index (χ2v) is 32.0. The first-order valence-corrected chi connectivity index (χ1v) is 31.5. The number of aromatic nitrogens is 4. The third-order valence-electron chi connectivity index (χ3n) is 15.5. The van der Waals surface area contributed by atoms with E-state index in [1.807, 2.05) is 39.8 Å². The van der Waals surface area contributed by atoms with Gasteiger partial charge in [-0.3, -0.25) is 9.59 Å². The van der Waals surface area contributed by atoms with Gasteiger partial charge in [-0.05, 0) is 83.0 Å². The van der Waals surface area contributed by atoms with Gasteiger partial charge in [-0.25, -0.2) is 9.97 Å². The van der Waals surface area contributed by atoms with Crippen molar-refractivity contribution in [1.82, 2.24) is 19.9 Å². The van der Waals surface area contributed by atoms with Gasteiger partial charge in [0.1, 0.15) is 23.5 Å². The molecule has 0 radical (unpaired) electrons. The second kappa shape index (κ2) is 26.9. The van der Waals surface area contributed by atoms with Crippen LogP contribution in [-0.4, -0.2) is 125 Å². The third-order valence-corrected chi connectivity index (χ3v) is 25.7. The van der Waals surface area contributed by atoms with Crippen LogP contribution in [0.2, 0.25) is 15.4 Å². The van der Waals surface area contributed by atoms with Crippen LogP contribution in [0.1, 0.15) is 94.5 Å². The molecule has 5 N–H and O–H groups in total. The van der Waals surface area contributed by atoms with Crippen LogP contribution in [0.5, 0.6) is 0 Å². The Morgan fingerprint density at radius 1 is 0.605 bits per heavy atom. The van der Waals surface area contributed by atoms with E-state index in [9.17, 15) is 9.59 Å². The summed E-state index contributed by atoms with van der Waals surface area (Å²) in [7, 11) is -1.39.